The number of aromatic nitrogens is 3. The fourth-order valence-corrected chi connectivity index (χ4v) is 4.09. The van der Waals surface area contributed by atoms with Crippen LogP contribution in [0.4, 0.5) is 9.18 Å². The van der Waals surface area contributed by atoms with E-state index in [2.05, 4.69) is 15.1 Å². The molecule has 2 aromatic carbocycles. The predicted molar refractivity (Wildman–Crippen MR) is 118 cm³/mol. The van der Waals surface area contributed by atoms with E-state index in [1.54, 1.807) is 17.0 Å². The van der Waals surface area contributed by atoms with Crippen LogP contribution in [0, 0.1) is 5.82 Å². The molecule has 1 aliphatic rings. The number of rotatable bonds is 4. The van der Waals surface area contributed by atoms with Crippen LogP contribution >= 0.6 is 0 Å². The second kappa shape index (κ2) is 8.85. The highest BCUT2D eigenvalue weighted by Gasteiger charge is 2.27. The van der Waals surface area contributed by atoms with E-state index >= 15 is 0 Å². The topological polar surface area (TPSA) is 101 Å². The van der Waals surface area contributed by atoms with Gasteiger partial charge in [0.2, 0.25) is 5.82 Å². The zero-order valence-electron chi connectivity index (χ0n) is 17.7. The van der Waals surface area contributed by atoms with Crippen molar-refractivity contribution in [3.8, 4) is 11.4 Å². The summed E-state index contributed by atoms with van der Waals surface area (Å²) in [7, 11) is 0. The lowest BCUT2D eigenvalue weighted by Gasteiger charge is -2.31. The molecule has 1 saturated heterocycles. The second-order valence-corrected chi connectivity index (χ2v) is 7.98. The van der Waals surface area contributed by atoms with Gasteiger partial charge in [-0.1, -0.05) is 23.4 Å². The van der Waals surface area contributed by atoms with Crippen LogP contribution in [-0.4, -0.2) is 39.2 Å². The fourth-order valence-electron chi connectivity index (χ4n) is 4.09. The molecule has 3 heterocycles. The maximum absolute atomic E-state index is 13.1. The van der Waals surface area contributed by atoms with Crippen molar-refractivity contribution in [2.75, 3.05) is 13.1 Å². The number of fused-ring (bicyclic) bond motifs is 1. The Morgan fingerprint density at radius 1 is 1.15 bits per heavy atom. The third-order valence-corrected chi connectivity index (χ3v) is 5.86. The molecule has 8 nitrogen and oxygen atoms in total. The van der Waals surface area contributed by atoms with Gasteiger partial charge in [-0.25, -0.2) is 9.18 Å². The van der Waals surface area contributed by atoms with Gasteiger partial charge < -0.3 is 19.1 Å². The average Bonchev–Trinajstić information content (AvgIpc) is 3.32. The van der Waals surface area contributed by atoms with Crippen LogP contribution < -0.4 is 5.56 Å². The lowest BCUT2D eigenvalue weighted by molar-refractivity contribution is 0.0780. The molecule has 0 saturated carbocycles. The van der Waals surface area contributed by atoms with E-state index in [-0.39, 0.29) is 29.8 Å². The van der Waals surface area contributed by atoms with Crippen LogP contribution in [-0.2, 0) is 11.3 Å². The number of piperidine rings is 1. The average molecular weight is 448 g/mol. The number of carbonyl (C=O) groups excluding carboxylic acids is 1. The van der Waals surface area contributed by atoms with Crippen LogP contribution in [0.15, 0.2) is 63.9 Å². The smallest absolute Gasteiger partial charge is 0.410 e. The summed E-state index contributed by atoms with van der Waals surface area (Å²) < 4.78 is 23.5. The Balaban J connectivity index is 1.17. The molecule has 0 radical (unpaired) electrons. The van der Waals surface area contributed by atoms with Crippen molar-refractivity contribution in [1.29, 1.82) is 0 Å². The lowest BCUT2D eigenvalue weighted by Crippen LogP contribution is -2.39. The Morgan fingerprint density at radius 3 is 2.70 bits per heavy atom. The number of aromatic amines is 1. The molecule has 0 unspecified atom stereocenters. The summed E-state index contributed by atoms with van der Waals surface area (Å²) in [4.78, 5) is 33.7. The molecule has 0 bridgehead atoms. The minimum Gasteiger partial charge on any atom is -0.439 e. The molecule has 1 N–H and O–H groups in total. The minimum absolute atomic E-state index is 0.0802. The monoisotopic (exact) mass is 448 g/mol. The van der Waals surface area contributed by atoms with Crippen LogP contribution in [0.25, 0.3) is 22.3 Å². The van der Waals surface area contributed by atoms with Gasteiger partial charge in [-0.15, -0.1) is 0 Å². The van der Waals surface area contributed by atoms with Gasteiger partial charge in [-0.2, -0.15) is 4.98 Å². The number of nitrogens with zero attached hydrogens (tertiary/aromatic N) is 3. The molecule has 5 rings (SSSR count). The Labute approximate surface area is 188 Å². The zero-order valence-corrected chi connectivity index (χ0v) is 17.7. The molecule has 0 spiro atoms. The predicted octanol–water partition coefficient (Wildman–Crippen LogP) is 4.23. The van der Waals surface area contributed by atoms with Gasteiger partial charge in [-0.3, -0.25) is 4.79 Å². The fraction of sp³-hybridized carbons (Fsp3) is 0.250. The highest BCUT2D eigenvalue weighted by molar-refractivity contribution is 5.78. The third-order valence-electron chi connectivity index (χ3n) is 5.86. The van der Waals surface area contributed by atoms with Crippen molar-refractivity contribution in [3.05, 3.63) is 82.2 Å². The number of benzene rings is 2. The lowest BCUT2D eigenvalue weighted by atomic mass is 9.89. The van der Waals surface area contributed by atoms with E-state index in [9.17, 15) is 14.0 Å². The highest BCUT2D eigenvalue weighted by atomic mass is 19.1. The number of likely N-dealkylation sites (tertiary alicyclic amines) is 1. The normalized spacial score (nSPS) is 14.5. The minimum atomic E-state index is -0.470. The summed E-state index contributed by atoms with van der Waals surface area (Å²) in [5.41, 5.74) is 2.09. The first-order chi connectivity index (χ1) is 16.1. The Hall–Kier alpha value is -4.01. The quantitative estimate of drug-likeness (QED) is 0.501. The summed E-state index contributed by atoms with van der Waals surface area (Å²) in [5, 5.41) is 4.83. The Kier molecular flexibility index (Phi) is 5.60. The van der Waals surface area contributed by atoms with Crippen molar-refractivity contribution < 1.29 is 18.4 Å². The Bertz CT molecular complexity index is 1340. The van der Waals surface area contributed by atoms with Gasteiger partial charge >= 0.3 is 6.09 Å². The molecular formula is C24H21FN4O4. The number of hydrogen-bond acceptors (Lipinski definition) is 6. The zero-order chi connectivity index (χ0) is 22.8. The molecule has 0 atom stereocenters. The van der Waals surface area contributed by atoms with E-state index in [0.717, 1.165) is 16.5 Å². The van der Waals surface area contributed by atoms with E-state index in [4.69, 9.17) is 9.26 Å². The maximum Gasteiger partial charge on any atom is 0.410 e. The first-order valence-corrected chi connectivity index (χ1v) is 10.7. The van der Waals surface area contributed by atoms with Crippen LogP contribution in [0.3, 0.4) is 0 Å². The molecule has 9 heteroatoms. The number of hydrogen-bond donors (Lipinski definition) is 1. The molecule has 1 amide bonds. The van der Waals surface area contributed by atoms with Gasteiger partial charge in [0, 0.05) is 29.7 Å². The van der Waals surface area contributed by atoms with Crippen molar-refractivity contribution >= 4 is 17.0 Å². The molecule has 0 aliphatic carbocycles. The van der Waals surface area contributed by atoms with E-state index in [0.29, 0.717) is 37.3 Å². The SMILES string of the molecule is O=C(OCc1nc(-c2ccc(F)cc2)no1)N1CCC(c2cc3ccccc3[nH]c2=O)CC1. The van der Waals surface area contributed by atoms with Gasteiger partial charge in [0.25, 0.3) is 11.4 Å². The Morgan fingerprint density at radius 2 is 1.91 bits per heavy atom. The van der Waals surface area contributed by atoms with Gasteiger partial charge in [-0.05, 0) is 60.5 Å². The maximum atomic E-state index is 13.1. The summed E-state index contributed by atoms with van der Waals surface area (Å²) in [6.07, 6.45) is 0.875. The summed E-state index contributed by atoms with van der Waals surface area (Å²) >= 11 is 0. The highest BCUT2D eigenvalue weighted by Crippen LogP contribution is 2.27. The van der Waals surface area contributed by atoms with Gasteiger partial charge in [0.1, 0.15) is 5.82 Å². The number of pyridine rings is 1. The first-order valence-electron chi connectivity index (χ1n) is 10.7. The van der Waals surface area contributed by atoms with Crippen molar-refractivity contribution in [2.24, 2.45) is 0 Å². The molecule has 4 aromatic rings. The number of halogens is 1. The summed E-state index contributed by atoms with van der Waals surface area (Å²) in [6, 6.07) is 15.3. The third kappa shape index (κ3) is 4.48. The number of amides is 1. The van der Waals surface area contributed by atoms with E-state index < -0.39 is 6.09 Å². The summed E-state index contributed by atoms with van der Waals surface area (Å²) in [6.45, 7) is 0.818. The molecule has 1 aliphatic heterocycles. The van der Waals surface area contributed by atoms with E-state index in [1.165, 1.54) is 12.1 Å². The largest absolute Gasteiger partial charge is 0.439 e. The van der Waals surface area contributed by atoms with Crippen molar-refractivity contribution in [3.63, 3.8) is 0 Å². The number of nitrogens with one attached hydrogen (secondary N) is 1. The molecule has 33 heavy (non-hydrogen) atoms. The first kappa shape index (κ1) is 20.9. The van der Waals surface area contributed by atoms with Crippen molar-refractivity contribution in [2.45, 2.75) is 25.4 Å². The number of para-hydroxylation sites is 1. The second-order valence-electron chi connectivity index (χ2n) is 7.98. The van der Waals surface area contributed by atoms with Gasteiger partial charge in [0.05, 0.1) is 0 Å². The molecular weight excluding hydrogens is 427 g/mol. The molecule has 1 fully saturated rings. The van der Waals surface area contributed by atoms with Crippen molar-refractivity contribution in [1.82, 2.24) is 20.0 Å². The number of ether oxygens (including phenoxy) is 1. The number of carbonyl (C=O) groups is 1. The summed E-state index contributed by atoms with van der Waals surface area (Å²) in [5.74, 6) is 0.171. The van der Waals surface area contributed by atoms with Crippen LogP contribution in [0.1, 0.15) is 30.2 Å². The van der Waals surface area contributed by atoms with Gasteiger partial charge in [0.15, 0.2) is 6.61 Å². The van der Waals surface area contributed by atoms with Crippen LogP contribution in [0.5, 0.6) is 0 Å². The number of H-pyrrole nitrogens is 1. The van der Waals surface area contributed by atoms with Crippen LogP contribution in [0.2, 0.25) is 0 Å². The van der Waals surface area contributed by atoms with E-state index in [1.807, 2.05) is 30.3 Å². The molecule has 2 aromatic heterocycles. The standard InChI is InChI=1S/C24H21FN4O4/c25-18-7-5-16(6-8-18)22-27-21(33-28-22)14-32-24(31)29-11-9-15(10-12-29)19-13-17-3-1-2-4-20(17)26-23(19)30/h1-8,13,15H,9-12,14H2,(H,26,30). The molecule has 168 valence electrons.